The molecule has 0 aromatic carbocycles. The summed E-state index contributed by atoms with van der Waals surface area (Å²) >= 11 is 0. The van der Waals surface area contributed by atoms with E-state index >= 15 is 0 Å². The molecule has 1 heterocycles. The molecule has 86 valence electrons. The summed E-state index contributed by atoms with van der Waals surface area (Å²) in [5.41, 5.74) is 0. The first-order chi connectivity index (χ1) is 7.24. The van der Waals surface area contributed by atoms with E-state index in [0.29, 0.717) is 0 Å². The highest BCUT2D eigenvalue weighted by atomic mass is 15.1. The lowest BCUT2D eigenvalue weighted by Crippen LogP contribution is -2.16. The predicted molar refractivity (Wildman–Crippen MR) is 63.7 cm³/mol. The van der Waals surface area contributed by atoms with E-state index in [4.69, 9.17) is 0 Å². The van der Waals surface area contributed by atoms with Crippen LogP contribution >= 0.6 is 0 Å². The molecular formula is C12H23N3. The van der Waals surface area contributed by atoms with Crippen molar-refractivity contribution in [2.24, 2.45) is 5.92 Å². The largest absolute Gasteiger partial charge is 0.334 e. The summed E-state index contributed by atoms with van der Waals surface area (Å²) in [6.07, 6.45) is 6.50. The average molecular weight is 209 g/mol. The van der Waals surface area contributed by atoms with E-state index in [1.807, 2.05) is 6.20 Å². The van der Waals surface area contributed by atoms with Crippen LogP contribution in [0.4, 0.5) is 0 Å². The number of hydrogen-bond donors (Lipinski definition) is 1. The Morgan fingerprint density at radius 2 is 2.27 bits per heavy atom. The Kier molecular flexibility index (Phi) is 5.40. The molecule has 0 aliphatic heterocycles. The molecule has 0 unspecified atom stereocenters. The fourth-order valence-electron chi connectivity index (χ4n) is 1.62. The van der Waals surface area contributed by atoms with E-state index in [2.05, 4.69) is 41.8 Å². The van der Waals surface area contributed by atoms with E-state index in [9.17, 15) is 0 Å². The van der Waals surface area contributed by atoms with Crippen LogP contribution in [0, 0.1) is 5.92 Å². The Bertz CT molecular complexity index is 266. The maximum atomic E-state index is 4.35. The van der Waals surface area contributed by atoms with Gasteiger partial charge in [-0.1, -0.05) is 20.8 Å². The van der Waals surface area contributed by atoms with Gasteiger partial charge < -0.3 is 9.88 Å². The molecule has 0 bridgehead atoms. The van der Waals surface area contributed by atoms with Gasteiger partial charge >= 0.3 is 0 Å². The van der Waals surface area contributed by atoms with Crippen LogP contribution in [0.15, 0.2) is 12.4 Å². The number of rotatable bonds is 7. The first-order valence-corrected chi connectivity index (χ1v) is 5.94. The van der Waals surface area contributed by atoms with Gasteiger partial charge in [-0.25, -0.2) is 4.98 Å². The molecule has 0 amide bonds. The molecule has 3 nitrogen and oxygen atoms in total. The van der Waals surface area contributed by atoms with Crippen molar-refractivity contribution in [3.8, 4) is 0 Å². The van der Waals surface area contributed by atoms with Crippen molar-refractivity contribution in [1.82, 2.24) is 14.9 Å². The van der Waals surface area contributed by atoms with E-state index in [1.54, 1.807) is 0 Å². The van der Waals surface area contributed by atoms with Crippen molar-refractivity contribution in [2.45, 2.75) is 46.7 Å². The highest BCUT2D eigenvalue weighted by Crippen LogP contribution is 2.06. The molecule has 0 aliphatic carbocycles. The Morgan fingerprint density at radius 3 is 2.93 bits per heavy atom. The minimum Gasteiger partial charge on any atom is -0.334 e. The first kappa shape index (κ1) is 12.2. The van der Waals surface area contributed by atoms with Gasteiger partial charge in [-0.2, -0.15) is 0 Å². The zero-order valence-electron chi connectivity index (χ0n) is 10.2. The Hall–Kier alpha value is -0.830. The molecule has 0 aliphatic rings. The molecule has 0 spiro atoms. The fraction of sp³-hybridized carbons (Fsp3) is 0.750. The quantitative estimate of drug-likeness (QED) is 0.747. The summed E-state index contributed by atoms with van der Waals surface area (Å²) in [7, 11) is 0. The summed E-state index contributed by atoms with van der Waals surface area (Å²) in [5.74, 6) is 1.95. The lowest BCUT2D eigenvalue weighted by molar-refractivity contribution is 0.499. The van der Waals surface area contributed by atoms with E-state index in [1.165, 1.54) is 12.8 Å². The second kappa shape index (κ2) is 6.62. The standard InChI is InChI=1S/C12H23N3/c1-4-13-10-12-14-7-9-15(12)8-5-6-11(2)3/h7,9,11,13H,4-6,8,10H2,1-3H3. The predicted octanol–water partition coefficient (Wildman–Crippen LogP) is 2.43. The second-order valence-electron chi connectivity index (χ2n) is 4.35. The van der Waals surface area contributed by atoms with Crippen LogP contribution in [-0.4, -0.2) is 16.1 Å². The molecule has 0 atom stereocenters. The molecule has 1 aromatic heterocycles. The van der Waals surface area contributed by atoms with Crippen LogP contribution in [-0.2, 0) is 13.1 Å². The maximum absolute atomic E-state index is 4.35. The topological polar surface area (TPSA) is 29.9 Å². The zero-order chi connectivity index (χ0) is 11.1. The Labute approximate surface area is 92.9 Å². The van der Waals surface area contributed by atoms with Gasteiger partial charge in [-0.3, -0.25) is 0 Å². The molecule has 1 aromatic rings. The summed E-state index contributed by atoms with van der Waals surface area (Å²) in [6, 6.07) is 0. The number of aromatic nitrogens is 2. The van der Waals surface area contributed by atoms with Crippen LogP contribution in [0.25, 0.3) is 0 Å². The number of aryl methyl sites for hydroxylation is 1. The highest BCUT2D eigenvalue weighted by molar-refractivity contribution is 4.91. The minimum absolute atomic E-state index is 0.797. The van der Waals surface area contributed by atoms with Gasteiger partial charge in [0.1, 0.15) is 5.82 Å². The van der Waals surface area contributed by atoms with E-state index in [0.717, 1.165) is 31.4 Å². The highest BCUT2D eigenvalue weighted by Gasteiger charge is 2.01. The van der Waals surface area contributed by atoms with Crippen molar-refractivity contribution in [3.63, 3.8) is 0 Å². The monoisotopic (exact) mass is 209 g/mol. The lowest BCUT2D eigenvalue weighted by Gasteiger charge is -2.09. The Balaban J connectivity index is 2.35. The van der Waals surface area contributed by atoms with Gasteiger partial charge in [0, 0.05) is 18.9 Å². The van der Waals surface area contributed by atoms with Crippen molar-refractivity contribution in [3.05, 3.63) is 18.2 Å². The molecule has 15 heavy (non-hydrogen) atoms. The molecule has 1 N–H and O–H groups in total. The van der Waals surface area contributed by atoms with Gasteiger partial charge in [0.15, 0.2) is 0 Å². The first-order valence-electron chi connectivity index (χ1n) is 5.94. The summed E-state index contributed by atoms with van der Waals surface area (Å²) in [4.78, 5) is 4.35. The summed E-state index contributed by atoms with van der Waals surface area (Å²) < 4.78 is 2.26. The van der Waals surface area contributed by atoms with Gasteiger partial charge in [0.25, 0.3) is 0 Å². The summed E-state index contributed by atoms with van der Waals surface area (Å²) in [5, 5.41) is 3.31. The van der Waals surface area contributed by atoms with Crippen LogP contribution in [0.5, 0.6) is 0 Å². The number of nitrogens with zero attached hydrogens (tertiary/aromatic N) is 2. The number of imidazole rings is 1. The van der Waals surface area contributed by atoms with Crippen LogP contribution < -0.4 is 5.32 Å². The van der Waals surface area contributed by atoms with Gasteiger partial charge in [0.2, 0.25) is 0 Å². The SMILES string of the molecule is CCNCc1nccn1CCCC(C)C. The molecule has 3 heteroatoms. The third-order valence-electron chi connectivity index (χ3n) is 2.52. The van der Waals surface area contributed by atoms with Gasteiger partial charge in [-0.15, -0.1) is 0 Å². The van der Waals surface area contributed by atoms with Crippen LogP contribution in [0.2, 0.25) is 0 Å². The fourth-order valence-corrected chi connectivity index (χ4v) is 1.62. The second-order valence-corrected chi connectivity index (χ2v) is 4.35. The third-order valence-corrected chi connectivity index (χ3v) is 2.52. The van der Waals surface area contributed by atoms with Crippen molar-refractivity contribution >= 4 is 0 Å². The van der Waals surface area contributed by atoms with Gasteiger partial charge in [-0.05, 0) is 25.3 Å². The van der Waals surface area contributed by atoms with Crippen molar-refractivity contribution in [2.75, 3.05) is 6.54 Å². The molecule has 0 saturated heterocycles. The Morgan fingerprint density at radius 1 is 1.47 bits per heavy atom. The molecular weight excluding hydrogens is 186 g/mol. The molecule has 0 radical (unpaired) electrons. The van der Waals surface area contributed by atoms with Crippen LogP contribution in [0.3, 0.4) is 0 Å². The third kappa shape index (κ3) is 4.47. The van der Waals surface area contributed by atoms with Gasteiger partial charge in [0.05, 0.1) is 6.54 Å². The smallest absolute Gasteiger partial charge is 0.122 e. The van der Waals surface area contributed by atoms with Crippen molar-refractivity contribution in [1.29, 1.82) is 0 Å². The molecule has 1 rings (SSSR count). The number of hydrogen-bond acceptors (Lipinski definition) is 2. The zero-order valence-corrected chi connectivity index (χ0v) is 10.2. The summed E-state index contributed by atoms with van der Waals surface area (Å²) in [6.45, 7) is 9.63. The van der Waals surface area contributed by atoms with E-state index in [-0.39, 0.29) is 0 Å². The van der Waals surface area contributed by atoms with E-state index < -0.39 is 0 Å². The average Bonchev–Trinajstić information content (AvgIpc) is 2.62. The lowest BCUT2D eigenvalue weighted by atomic mass is 10.1. The van der Waals surface area contributed by atoms with Crippen LogP contribution in [0.1, 0.15) is 39.4 Å². The molecule has 0 fully saturated rings. The van der Waals surface area contributed by atoms with Crippen molar-refractivity contribution < 1.29 is 0 Å². The maximum Gasteiger partial charge on any atom is 0.122 e. The molecule has 0 saturated carbocycles. The number of nitrogens with one attached hydrogen (secondary N) is 1. The normalized spacial score (nSPS) is 11.2. The minimum atomic E-state index is 0.797.